The first kappa shape index (κ1) is 15.0. The number of hydrogen-bond acceptors (Lipinski definition) is 3. The number of aliphatic imine (C=N–C) groups is 1. The van der Waals surface area contributed by atoms with E-state index in [-0.39, 0.29) is 12.4 Å². The molecule has 4 rings (SSSR count). The number of rotatable bonds is 2. The molecule has 120 valence electrons. The average Bonchev–Trinajstić information content (AvgIpc) is 2.93. The molecule has 0 spiro atoms. The van der Waals surface area contributed by atoms with Crippen LogP contribution in [0.15, 0.2) is 47.5 Å². The molecule has 0 aliphatic carbocycles. The Labute approximate surface area is 141 Å². The van der Waals surface area contributed by atoms with E-state index in [2.05, 4.69) is 15.2 Å². The predicted octanol–water partition coefficient (Wildman–Crippen LogP) is 3.64. The van der Waals surface area contributed by atoms with Gasteiger partial charge >= 0.3 is 0 Å². The van der Waals surface area contributed by atoms with E-state index in [0.29, 0.717) is 34.2 Å². The highest BCUT2D eigenvalue weighted by atomic mass is 35.5. The maximum atomic E-state index is 14.3. The molecule has 0 amide bonds. The van der Waals surface area contributed by atoms with E-state index in [4.69, 9.17) is 11.6 Å². The molecular weight excluding hydrogens is 334 g/mol. The largest absolute Gasteiger partial charge is 0.280 e. The zero-order chi connectivity index (χ0) is 16.7. The minimum absolute atomic E-state index is 0.152. The number of alkyl halides is 1. The maximum absolute atomic E-state index is 14.3. The number of fused-ring (bicyclic) bond motifs is 3. The van der Waals surface area contributed by atoms with Gasteiger partial charge in [-0.25, -0.2) is 8.78 Å². The minimum Gasteiger partial charge on any atom is -0.280 e. The van der Waals surface area contributed by atoms with E-state index in [1.54, 1.807) is 28.8 Å². The monoisotopic (exact) mass is 344 g/mol. The molecule has 0 fully saturated rings. The summed E-state index contributed by atoms with van der Waals surface area (Å²) in [5, 5.41) is 8.13. The van der Waals surface area contributed by atoms with E-state index < -0.39 is 11.6 Å². The van der Waals surface area contributed by atoms with E-state index in [0.717, 1.165) is 0 Å². The minimum atomic E-state index is -0.429. The van der Waals surface area contributed by atoms with Crippen molar-refractivity contribution in [2.24, 2.45) is 4.99 Å². The molecule has 1 aliphatic rings. The van der Waals surface area contributed by atoms with Crippen LogP contribution in [0.4, 0.5) is 8.78 Å². The van der Waals surface area contributed by atoms with Crippen LogP contribution in [0.2, 0.25) is 0 Å². The summed E-state index contributed by atoms with van der Waals surface area (Å²) in [6, 6.07) is 10.6. The van der Waals surface area contributed by atoms with Gasteiger partial charge < -0.3 is 0 Å². The van der Waals surface area contributed by atoms with Crippen molar-refractivity contribution in [3.63, 3.8) is 0 Å². The second-order valence-electron chi connectivity index (χ2n) is 5.31. The van der Waals surface area contributed by atoms with Crippen molar-refractivity contribution in [1.29, 1.82) is 0 Å². The van der Waals surface area contributed by atoms with Gasteiger partial charge in [0.05, 0.1) is 17.3 Å². The quantitative estimate of drug-likeness (QED) is 0.666. The van der Waals surface area contributed by atoms with Crippen LogP contribution in [-0.2, 0) is 12.4 Å². The fourth-order valence-corrected chi connectivity index (χ4v) is 3.01. The lowest BCUT2D eigenvalue weighted by atomic mass is 10.00. The van der Waals surface area contributed by atoms with Crippen LogP contribution in [0, 0.1) is 11.6 Å². The Morgan fingerprint density at radius 1 is 1.04 bits per heavy atom. The summed E-state index contributed by atoms with van der Waals surface area (Å²) in [5.74, 6) is 0.413. The zero-order valence-electron chi connectivity index (χ0n) is 12.4. The van der Waals surface area contributed by atoms with Gasteiger partial charge in [-0.3, -0.25) is 9.56 Å². The summed E-state index contributed by atoms with van der Waals surface area (Å²) in [6.45, 7) is 0.198. The van der Waals surface area contributed by atoms with Gasteiger partial charge in [0.2, 0.25) is 0 Å². The smallest absolute Gasteiger partial charge is 0.159 e. The fourth-order valence-electron chi connectivity index (χ4n) is 2.83. The van der Waals surface area contributed by atoms with Crippen LogP contribution in [0.3, 0.4) is 0 Å². The standard InChI is InChI=1S/C17H11ClF2N4/c18-8-15-22-23-16-9-21-17(11-3-1-2-4-13(11)20)12-7-10(19)5-6-14(12)24(15)16/h1-7H,8-9H2. The van der Waals surface area contributed by atoms with Crippen molar-refractivity contribution < 1.29 is 8.78 Å². The lowest BCUT2D eigenvalue weighted by Crippen LogP contribution is -2.10. The Kier molecular flexibility index (Phi) is 3.61. The summed E-state index contributed by atoms with van der Waals surface area (Å²) in [5.41, 5.74) is 1.81. The summed E-state index contributed by atoms with van der Waals surface area (Å²) in [6.07, 6.45) is 0. The number of aromatic nitrogens is 3. The van der Waals surface area contributed by atoms with Gasteiger partial charge in [0, 0.05) is 11.1 Å². The predicted molar refractivity (Wildman–Crippen MR) is 86.6 cm³/mol. The lowest BCUT2D eigenvalue weighted by Gasteiger charge is -2.13. The molecule has 7 heteroatoms. The molecule has 2 aromatic carbocycles. The van der Waals surface area contributed by atoms with Crippen LogP contribution in [0.25, 0.3) is 5.69 Å². The Balaban J connectivity index is 2.01. The van der Waals surface area contributed by atoms with Crippen LogP contribution in [0.5, 0.6) is 0 Å². The Morgan fingerprint density at radius 2 is 1.88 bits per heavy atom. The second kappa shape index (κ2) is 5.79. The number of nitrogens with zero attached hydrogens (tertiary/aromatic N) is 4. The van der Waals surface area contributed by atoms with Crippen molar-refractivity contribution in [2.45, 2.75) is 12.4 Å². The van der Waals surface area contributed by atoms with Gasteiger partial charge in [-0.1, -0.05) is 12.1 Å². The van der Waals surface area contributed by atoms with Crippen LogP contribution in [0.1, 0.15) is 22.8 Å². The summed E-state index contributed by atoms with van der Waals surface area (Å²) in [7, 11) is 0. The summed E-state index contributed by atoms with van der Waals surface area (Å²) in [4.78, 5) is 4.47. The molecular formula is C17H11ClF2N4. The van der Waals surface area contributed by atoms with E-state index in [1.807, 2.05) is 0 Å². The number of hydrogen-bond donors (Lipinski definition) is 0. The zero-order valence-corrected chi connectivity index (χ0v) is 13.1. The molecule has 24 heavy (non-hydrogen) atoms. The van der Waals surface area contributed by atoms with Crippen LogP contribution < -0.4 is 0 Å². The third-order valence-corrected chi connectivity index (χ3v) is 4.12. The summed E-state index contributed by atoms with van der Waals surface area (Å²) < 4.78 is 29.9. The van der Waals surface area contributed by atoms with Gasteiger partial charge in [-0.15, -0.1) is 21.8 Å². The highest BCUT2D eigenvalue weighted by Gasteiger charge is 2.24. The van der Waals surface area contributed by atoms with Crippen molar-refractivity contribution in [2.75, 3.05) is 0 Å². The molecule has 0 bridgehead atoms. The summed E-state index contributed by atoms with van der Waals surface area (Å²) >= 11 is 5.94. The third kappa shape index (κ3) is 2.30. The molecule has 0 unspecified atom stereocenters. The average molecular weight is 345 g/mol. The first-order chi connectivity index (χ1) is 11.7. The van der Waals surface area contributed by atoms with Crippen molar-refractivity contribution >= 4 is 17.3 Å². The van der Waals surface area contributed by atoms with Gasteiger partial charge in [0.15, 0.2) is 11.6 Å². The molecule has 1 aromatic heterocycles. The van der Waals surface area contributed by atoms with E-state index >= 15 is 0 Å². The molecule has 0 atom stereocenters. The van der Waals surface area contributed by atoms with E-state index in [1.165, 1.54) is 18.2 Å². The molecule has 4 nitrogen and oxygen atoms in total. The maximum Gasteiger partial charge on any atom is 0.159 e. The third-order valence-electron chi connectivity index (χ3n) is 3.88. The van der Waals surface area contributed by atoms with Crippen LogP contribution >= 0.6 is 11.6 Å². The lowest BCUT2D eigenvalue weighted by molar-refractivity contribution is 0.623. The highest BCUT2D eigenvalue weighted by molar-refractivity contribution is 6.17. The molecule has 2 heterocycles. The molecule has 0 saturated carbocycles. The first-order valence-electron chi connectivity index (χ1n) is 7.28. The van der Waals surface area contributed by atoms with Gasteiger partial charge in [-0.2, -0.15) is 0 Å². The first-order valence-corrected chi connectivity index (χ1v) is 7.81. The molecule has 0 radical (unpaired) electrons. The normalized spacial score (nSPS) is 13.0. The van der Waals surface area contributed by atoms with Crippen molar-refractivity contribution in [1.82, 2.24) is 14.8 Å². The van der Waals surface area contributed by atoms with E-state index in [9.17, 15) is 8.78 Å². The second-order valence-corrected chi connectivity index (χ2v) is 5.57. The van der Waals surface area contributed by atoms with Crippen molar-refractivity contribution in [3.05, 3.63) is 76.9 Å². The SMILES string of the molecule is Fc1ccc2c(c1)C(c1ccccc1F)=NCc1nnc(CCl)n1-2. The molecule has 3 aromatic rings. The molecule has 0 N–H and O–H groups in total. The fraction of sp³-hybridized carbons (Fsp3) is 0.118. The van der Waals surface area contributed by atoms with Gasteiger partial charge in [-0.05, 0) is 30.3 Å². The van der Waals surface area contributed by atoms with Gasteiger partial charge in [0.1, 0.15) is 18.2 Å². The van der Waals surface area contributed by atoms with Gasteiger partial charge in [0.25, 0.3) is 0 Å². The van der Waals surface area contributed by atoms with Crippen LogP contribution in [-0.4, -0.2) is 20.5 Å². The number of halogens is 3. The molecule has 1 aliphatic heterocycles. The topological polar surface area (TPSA) is 43.1 Å². The number of benzene rings is 2. The Bertz CT molecular complexity index is 965. The molecule has 0 saturated heterocycles. The van der Waals surface area contributed by atoms with Crippen molar-refractivity contribution in [3.8, 4) is 5.69 Å². The highest BCUT2D eigenvalue weighted by Crippen LogP contribution is 2.27. The Hall–Kier alpha value is -2.60. The Morgan fingerprint density at radius 3 is 2.67 bits per heavy atom.